The van der Waals surface area contributed by atoms with Crippen LogP contribution in [0.5, 0.6) is 0 Å². The van der Waals surface area contributed by atoms with Gasteiger partial charge < -0.3 is 9.42 Å². The summed E-state index contributed by atoms with van der Waals surface area (Å²) in [6, 6.07) is 17.8. The lowest BCUT2D eigenvalue weighted by Gasteiger charge is -2.29. The van der Waals surface area contributed by atoms with Gasteiger partial charge in [0.15, 0.2) is 0 Å². The summed E-state index contributed by atoms with van der Waals surface area (Å²) in [5.41, 5.74) is 7.60. The molecule has 1 aliphatic rings. The van der Waals surface area contributed by atoms with E-state index in [0.29, 0.717) is 5.92 Å². The Morgan fingerprint density at radius 1 is 1.12 bits per heavy atom. The molecule has 1 aliphatic carbocycles. The molecule has 0 bridgehead atoms. The Kier molecular flexibility index (Phi) is 6.95. The van der Waals surface area contributed by atoms with Gasteiger partial charge in [0, 0.05) is 28.8 Å². The summed E-state index contributed by atoms with van der Waals surface area (Å²) in [6.07, 6.45) is 4.20. The van der Waals surface area contributed by atoms with Crippen LogP contribution in [0, 0.1) is 38.0 Å². The van der Waals surface area contributed by atoms with E-state index >= 15 is 0 Å². The van der Waals surface area contributed by atoms with E-state index in [0.717, 1.165) is 71.4 Å². The molecule has 1 saturated carbocycles. The quantitative estimate of drug-likeness (QED) is 0.278. The molecule has 2 aromatic carbocycles. The van der Waals surface area contributed by atoms with Crippen molar-refractivity contribution in [3.05, 3.63) is 65.0 Å². The lowest BCUT2D eigenvalue weighted by atomic mass is 9.96. The highest BCUT2D eigenvalue weighted by Gasteiger charge is 2.44. The third kappa shape index (κ3) is 4.87. The van der Waals surface area contributed by atoms with Crippen LogP contribution in [0.1, 0.15) is 55.2 Å². The maximum atomic E-state index is 9.59. The Labute approximate surface area is 205 Å². The Morgan fingerprint density at radius 3 is 2.42 bits per heavy atom. The first kappa shape index (κ1) is 23.6. The number of nitriles is 1. The van der Waals surface area contributed by atoms with E-state index in [2.05, 4.69) is 88.4 Å². The second-order valence-corrected chi connectivity index (χ2v) is 10.3. The molecule has 1 aromatic heterocycles. The monoisotopic (exact) mass is 505 g/mol. The Balaban J connectivity index is 1.72. The summed E-state index contributed by atoms with van der Waals surface area (Å²) in [4.78, 5) is 2.43. The summed E-state index contributed by atoms with van der Waals surface area (Å²) in [6.45, 7) is 9.38. The van der Waals surface area contributed by atoms with Gasteiger partial charge in [-0.1, -0.05) is 52.3 Å². The fourth-order valence-corrected chi connectivity index (χ4v) is 5.35. The molecule has 5 heteroatoms. The number of hydrogen-bond donors (Lipinski definition) is 0. The molecule has 3 aromatic rings. The van der Waals surface area contributed by atoms with Gasteiger partial charge in [-0.3, -0.25) is 0 Å². The average molecular weight is 506 g/mol. The van der Waals surface area contributed by atoms with Crippen LogP contribution in [-0.2, 0) is 5.41 Å². The van der Waals surface area contributed by atoms with Crippen LogP contribution in [0.3, 0.4) is 0 Å². The maximum Gasteiger partial charge on any atom is 0.141 e. The number of aryl methyl sites for hydroxylation is 3. The van der Waals surface area contributed by atoms with Crippen LogP contribution >= 0.6 is 15.9 Å². The fraction of sp³-hybridized carbons (Fsp3) is 0.429. The number of anilines is 2. The molecule has 1 atom stereocenters. The van der Waals surface area contributed by atoms with Crippen molar-refractivity contribution in [1.29, 1.82) is 5.26 Å². The van der Waals surface area contributed by atoms with Crippen LogP contribution in [-0.4, -0.2) is 17.0 Å². The predicted octanol–water partition coefficient (Wildman–Crippen LogP) is 7.77. The SMILES string of the molecule is Cc1ccc(-c2c(C)noc2C)cc1N(CCC(C)CCBr)c1ccc(C2(C#N)CC2)cc1. The lowest BCUT2D eigenvalue weighted by Crippen LogP contribution is -2.21. The van der Waals surface area contributed by atoms with Gasteiger partial charge in [0.1, 0.15) is 5.76 Å². The lowest BCUT2D eigenvalue weighted by molar-refractivity contribution is 0.393. The molecule has 0 saturated heterocycles. The van der Waals surface area contributed by atoms with E-state index in [-0.39, 0.29) is 5.41 Å². The molecular weight excluding hydrogens is 474 g/mol. The second kappa shape index (κ2) is 9.73. The minimum atomic E-state index is -0.257. The summed E-state index contributed by atoms with van der Waals surface area (Å²) in [5, 5.41) is 14.8. The van der Waals surface area contributed by atoms with Crippen molar-refractivity contribution in [3.63, 3.8) is 0 Å². The number of halogens is 1. The Bertz CT molecular complexity index is 1140. The van der Waals surface area contributed by atoms with Gasteiger partial charge in [0.2, 0.25) is 0 Å². The zero-order valence-corrected chi connectivity index (χ0v) is 21.6. The van der Waals surface area contributed by atoms with Crippen LogP contribution in [0.15, 0.2) is 47.0 Å². The van der Waals surface area contributed by atoms with Crippen molar-refractivity contribution >= 4 is 27.3 Å². The number of benzene rings is 2. The van der Waals surface area contributed by atoms with E-state index in [1.54, 1.807) is 0 Å². The van der Waals surface area contributed by atoms with E-state index in [9.17, 15) is 5.26 Å². The minimum Gasteiger partial charge on any atom is -0.361 e. The molecule has 1 unspecified atom stereocenters. The van der Waals surface area contributed by atoms with E-state index in [1.165, 1.54) is 11.3 Å². The summed E-state index contributed by atoms with van der Waals surface area (Å²) in [7, 11) is 0. The molecule has 0 amide bonds. The molecule has 1 fully saturated rings. The third-order valence-corrected chi connectivity index (χ3v) is 7.42. The first-order chi connectivity index (χ1) is 15.9. The Morgan fingerprint density at radius 2 is 1.85 bits per heavy atom. The number of nitrogens with zero attached hydrogens (tertiary/aromatic N) is 3. The topological polar surface area (TPSA) is 53.1 Å². The summed E-state index contributed by atoms with van der Waals surface area (Å²) >= 11 is 3.59. The summed E-state index contributed by atoms with van der Waals surface area (Å²) < 4.78 is 5.44. The largest absolute Gasteiger partial charge is 0.361 e. The molecule has 4 rings (SSSR count). The van der Waals surface area contributed by atoms with E-state index in [4.69, 9.17) is 4.52 Å². The fourth-order valence-electron chi connectivity index (χ4n) is 4.57. The number of aromatic nitrogens is 1. The van der Waals surface area contributed by atoms with Crippen LogP contribution in [0.2, 0.25) is 0 Å². The van der Waals surface area contributed by atoms with Gasteiger partial charge in [-0.2, -0.15) is 5.26 Å². The maximum absolute atomic E-state index is 9.59. The number of hydrogen-bond acceptors (Lipinski definition) is 4. The second-order valence-electron chi connectivity index (χ2n) is 9.46. The van der Waals surface area contributed by atoms with E-state index in [1.807, 2.05) is 13.8 Å². The molecule has 33 heavy (non-hydrogen) atoms. The number of alkyl halides is 1. The van der Waals surface area contributed by atoms with Crippen molar-refractivity contribution in [2.45, 2.75) is 58.8 Å². The standard InChI is InChI=1S/C28H32BrN3O/c1-19(11-15-29)12-16-32(25-9-7-24(8-10-25)28(18-30)13-14-28)26-17-23(6-5-20(26)2)27-21(3)31-33-22(27)4/h5-10,17,19H,11-16H2,1-4H3. The molecule has 172 valence electrons. The zero-order valence-electron chi connectivity index (χ0n) is 20.0. The van der Waals surface area contributed by atoms with Crippen molar-refractivity contribution < 1.29 is 4.52 Å². The van der Waals surface area contributed by atoms with Crippen LogP contribution < -0.4 is 4.90 Å². The van der Waals surface area contributed by atoms with Crippen molar-refractivity contribution in [2.24, 2.45) is 5.92 Å². The molecule has 0 radical (unpaired) electrons. The molecule has 4 nitrogen and oxygen atoms in total. The van der Waals surface area contributed by atoms with Gasteiger partial charge in [-0.25, -0.2) is 0 Å². The van der Waals surface area contributed by atoms with Crippen molar-refractivity contribution in [1.82, 2.24) is 5.16 Å². The first-order valence-corrected chi connectivity index (χ1v) is 12.9. The van der Waals surface area contributed by atoms with E-state index < -0.39 is 0 Å². The third-order valence-electron chi connectivity index (χ3n) is 6.96. The van der Waals surface area contributed by atoms with Crippen molar-refractivity contribution in [3.8, 4) is 17.2 Å². The molecule has 1 heterocycles. The smallest absolute Gasteiger partial charge is 0.141 e. The van der Waals surface area contributed by atoms with Gasteiger partial charge in [-0.15, -0.1) is 0 Å². The van der Waals surface area contributed by atoms with Gasteiger partial charge >= 0.3 is 0 Å². The zero-order chi connectivity index (χ0) is 23.6. The first-order valence-electron chi connectivity index (χ1n) is 11.8. The highest BCUT2D eigenvalue weighted by Crippen LogP contribution is 2.48. The van der Waals surface area contributed by atoms with Crippen LogP contribution in [0.4, 0.5) is 11.4 Å². The molecule has 0 spiro atoms. The van der Waals surface area contributed by atoms with Gasteiger partial charge in [0.25, 0.3) is 0 Å². The normalized spacial score (nSPS) is 15.2. The summed E-state index contributed by atoms with van der Waals surface area (Å²) in [5.74, 6) is 1.47. The highest BCUT2D eigenvalue weighted by atomic mass is 79.9. The molecule has 0 N–H and O–H groups in total. The van der Waals surface area contributed by atoms with Gasteiger partial charge in [-0.05, 0) is 87.3 Å². The minimum absolute atomic E-state index is 0.257. The molecular formula is C28H32BrN3O. The highest BCUT2D eigenvalue weighted by molar-refractivity contribution is 9.09. The van der Waals surface area contributed by atoms with Gasteiger partial charge in [0.05, 0.1) is 17.2 Å². The Hall–Kier alpha value is -2.58. The number of rotatable bonds is 9. The molecule has 0 aliphatic heterocycles. The predicted molar refractivity (Wildman–Crippen MR) is 138 cm³/mol. The van der Waals surface area contributed by atoms with Crippen molar-refractivity contribution in [2.75, 3.05) is 16.8 Å². The average Bonchev–Trinajstić information content (AvgIpc) is 3.54. The van der Waals surface area contributed by atoms with Crippen LogP contribution in [0.25, 0.3) is 11.1 Å².